The van der Waals surface area contributed by atoms with Crippen LogP contribution in [0.2, 0.25) is 0 Å². The average molecular weight is 312 g/mol. The van der Waals surface area contributed by atoms with Gasteiger partial charge in [0.25, 0.3) is 0 Å². The lowest BCUT2D eigenvalue weighted by Crippen LogP contribution is -2.39. The predicted octanol–water partition coefficient (Wildman–Crippen LogP) is 3.22. The van der Waals surface area contributed by atoms with Gasteiger partial charge in [0.2, 0.25) is 5.91 Å². The van der Waals surface area contributed by atoms with Crippen LogP contribution in [0.25, 0.3) is 0 Å². The van der Waals surface area contributed by atoms with Crippen molar-refractivity contribution in [2.45, 2.75) is 18.4 Å². The molecule has 22 heavy (non-hydrogen) atoms. The Morgan fingerprint density at radius 1 is 1.23 bits per heavy atom. The number of benzene rings is 2. The topological polar surface area (TPSA) is 32.3 Å². The van der Waals surface area contributed by atoms with Crippen molar-refractivity contribution in [3.8, 4) is 0 Å². The first-order valence-corrected chi connectivity index (χ1v) is 8.50. The SMILES string of the molecule is Cc1cccc(CNC(=O)CN2CCSc3ccccc32)c1. The number of anilines is 1. The smallest absolute Gasteiger partial charge is 0.239 e. The maximum absolute atomic E-state index is 12.2. The molecule has 1 N–H and O–H groups in total. The number of para-hydroxylation sites is 1. The number of rotatable bonds is 4. The minimum absolute atomic E-state index is 0.0724. The first-order chi connectivity index (χ1) is 10.7. The number of thioether (sulfide) groups is 1. The Labute approximate surface area is 135 Å². The number of aryl methyl sites for hydroxylation is 1. The molecular formula is C18H20N2OS. The highest BCUT2D eigenvalue weighted by atomic mass is 32.2. The monoisotopic (exact) mass is 312 g/mol. The highest BCUT2D eigenvalue weighted by molar-refractivity contribution is 7.99. The molecule has 0 bridgehead atoms. The zero-order valence-electron chi connectivity index (χ0n) is 12.7. The lowest BCUT2D eigenvalue weighted by atomic mass is 10.1. The molecule has 0 saturated heterocycles. The Balaban J connectivity index is 1.59. The highest BCUT2D eigenvalue weighted by Crippen LogP contribution is 2.33. The van der Waals surface area contributed by atoms with Gasteiger partial charge in [-0.25, -0.2) is 0 Å². The summed E-state index contributed by atoms with van der Waals surface area (Å²) in [6, 6.07) is 16.5. The molecule has 3 rings (SSSR count). The van der Waals surface area contributed by atoms with Gasteiger partial charge < -0.3 is 10.2 Å². The summed E-state index contributed by atoms with van der Waals surface area (Å²) in [5.41, 5.74) is 3.53. The molecule has 2 aromatic rings. The lowest BCUT2D eigenvalue weighted by Gasteiger charge is -2.30. The number of carbonyl (C=O) groups excluding carboxylic acids is 1. The van der Waals surface area contributed by atoms with E-state index in [1.807, 2.05) is 36.0 Å². The fourth-order valence-electron chi connectivity index (χ4n) is 2.64. The van der Waals surface area contributed by atoms with Crippen LogP contribution in [0.3, 0.4) is 0 Å². The van der Waals surface area contributed by atoms with Gasteiger partial charge in [0.05, 0.1) is 12.2 Å². The van der Waals surface area contributed by atoms with Gasteiger partial charge in [-0.05, 0) is 24.6 Å². The maximum Gasteiger partial charge on any atom is 0.239 e. The molecule has 0 fully saturated rings. The van der Waals surface area contributed by atoms with Crippen molar-refractivity contribution in [2.75, 3.05) is 23.7 Å². The molecule has 1 aliphatic heterocycles. The number of amides is 1. The molecule has 0 unspecified atom stereocenters. The van der Waals surface area contributed by atoms with E-state index in [-0.39, 0.29) is 5.91 Å². The molecule has 0 saturated carbocycles. The first-order valence-electron chi connectivity index (χ1n) is 7.51. The molecule has 1 heterocycles. The van der Waals surface area contributed by atoms with Crippen molar-refractivity contribution in [1.82, 2.24) is 5.32 Å². The molecule has 2 aromatic carbocycles. The zero-order chi connectivity index (χ0) is 15.4. The van der Waals surface area contributed by atoms with Crippen LogP contribution in [0.1, 0.15) is 11.1 Å². The Hall–Kier alpha value is -1.94. The summed E-state index contributed by atoms with van der Waals surface area (Å²) in [6.45, 7) is 3.99. The van der Waals surface area contributed by atoms with Crippen LogP contribution in [0.15, 0.2) is 53.4 Å². The minimum atomic E-state index is 0.0724. The second kappa shape index (κ2) is 6.88. The summed E-state index contributed by atoms with van der Waals surface area (Å²) in [5.74, 6) is 1.10. The van der Waals surface area contributed by atoms with E-state index < -0.39 is 0 Å². The third-order valence-corrected chi connectivity index (χ3v) is 4.77. The van der Waals surface area contributed by atoms with Gasteiger partial charge in [0.15, 0.2) is 0 Å². The van der Waals surface area contributed by atoms with E-state index in [1.54, 1.807) is 0 Å². The molecular weight excluding hydrogens is 292 g/mol. The highest BCUT2D eigenvalue weighted by Gasteiger charge is 2.18. The van der Waals surface area contributed by atoms with Gasteiger partial charge in [0.1, 0.15) is 0 Å². The van der Waals surface area contributed by atoms with E-state index >= 15 is 0 Å². The first kappa shape index (κ1) is 15.0. The zero-order valence-corrected chi connectivity index (χ0v) is 13.5. The van der Waals surface area contributed by atoms with Gasteiger partial charge in [0, 0.05) is 23.7 Å². The van der Waals surface area contributed by atoms with E-state index in [1.165, 1.54) is 16.1 Å². The van der Waals surface area contributed by atoms with Crippen LogP contribution in [0.5, 0.6) is 0 Å². The number of hydrogen-bond donors (Lipinski definition) is 1. The van der Waals surface area contributed by atoms with Gasteiger partial charge >= 0.3 is 0 Å². The number of fused-ring (bicyclic) bond motifs is 1. The lowest BCUT2D eigenvalue weighted by molar-refractivity contribution is -0.119. The van der Waals surface area contributed by atoms with E-state index in [0.29, 0.717) is 13.1 Å². The van der Waals surface area contributed by atoms with Crippen molar-refractivity contribution >= 4 is 23.4 Å². The van der Waals surface area contributed by atoms with E-state index in [2.05, 4.69) is 41.4 Å². The average Bonchev–Trinajstić information content (AvgIpc) is 2.53. The number of nitrogens with zero attached hydrogens (tertiary/aromatic N) is 1. The fourth-order valence-corrected chi connectivity index (χ4v) is 3.69. The molecule has 0 spiro atoms. The van der Waals surface area contributed by atoms with Gasteiger partial charge in [-0.15, -0.1) is 11.8 Å². The van der Waals surface area contributed by atoms with Crippen molar-refractivity contribution in [2.24, 2.45) is 0 Å². The van der Waals surface area contributed by atoms with Crippen LogP contribution < -0.4 is 10.2 Å². The summed E-state index contributed by atoms with van der Waals surface area (Å²) in [6.07, 6.45) is 0. The molecule has 4 heteroatoms. The van der Waals surface area contributed by atoms with Crippen molar-refractivity contribution < 1.29 is 4.79 Å². The molecule has 0 atom stereocenters. The molecule has 0 radical (unpaired) electrons. The van der Waals surface area contributed by atoms with Gasteiger partial charge in [-0.2, -0.15) is 0 Å². The van der Waals surface area contributed by atoms with Crippen LogP contribution in [-0.2, 0) is 11.3 Å². The number of hydrogen-bond acceptors (Lipinski definition) is 3. The Morgan fingerprint density at radius 3 is 2.95 bits per heavy atom. The second-order valence-electron chi connectivity index (χ2n) is 5.50. The predicted molar refractivity (Wildman–Crippen MR) is 92.4 cm³/mol. The van der Waals surface area contributed by atoms with Crippen LogP contribution >= 0.6 is 11.8 Å². The minimum Gasteiger partial charge on any atom is -0.360 e. The van der Waals surface area contributed by atoms with Gasteiger partial charge in [-0.3, -0.25) is 4.79 Å². The Morgan fingerprint density at radius 2 is 2.09 bits per heavy atom. The quantitative estimate of drug-likeness (QED) is 0.941. The van der Waals surface area contributed by atoms with E-state index in [9.17, 15) is 4.79 Å². The number of carbonyl (C=O) groups is 1. The Kier molecular flexibility index (Phi) is 4.68. The van der Waals surface area contributed by atoms with E-state index in [0.717, 1.165) is 17.9 Å². The van der Waals surface area contributed by atoms with Crippen LogP contribution in [-0.4, -0.2) is 24.7 Å². The summed E-state index contributed by atoms with van der Waals surface area (Å²) in [5, 5.41) is 3.02. The summed E-state index contributed by atoms with van der Waals surface area (Å²) in [4.78, 5) is 15.6. The molecule has 1 aliphatic rings. The van der Waals surface area contributed by atoms with E-state index in [4.69, 9.17) is 0 Å². The number of nitrogens with one attached hydrogen (secondary N) is 1. The van der Waals surface area contributed by atoms with Crippen molar-refractivity contribution in [3.63, 3.8) is 0 Å². The van der Waals surface area contributed by atoms with Crippen LogP contribution in [0, 0.1) is 6.92 Å². The summed E-state index contributed by atoms with van der Waals surface area (Å²) >= 11 is 1.86. The van der Waals surface area contributed by atoms with Gasteiger partial charge in [-0.1, -0.05) is 42.0 Å². The molecule has 1 amide bonds. The van der Waals surface area contributed by atoms with Crippen LogP contribution in [0.4, 0.5) is 5.69 Å². The normalized spacial score (nSPS) is 13.6. The Bertz CT molecular complexity index is 672. The molecule has 114 valence electrons. The van der Waals surface area contributed by atoms with Crippen molar-refractivity contribution in [1.29, 1.82) is 0 Å². The largest absolute Gasteiger partial charge is 0.360 e. The maximum atomic E-state index is 12.2. The summed E-state index contributed by atoms with van der Waals surface area (Å²) in [7, 11) is 0. The molecule has 3 nitrogen and oxygen atoms in total. The van der Waals surface area contributed by atoms with Crippen molar-refractivity contribution in [3.05, 3.63) is 59.7 Å². The summed E-state index contributed by atoms with van der Waals surface area (Å²) < 4.78 is 0. The standard InChI is InChI=1S/C18H20N2OS/c1-14-5-4-6-15(11-14)12-19-18(21)13-20-9-10-22-17-8-3-2-7-16(17)20/h2-8,11H,9-10,12-13H2,1H3,(H,19,21). The second-order valence-corrected chi connectivity index (χ2v) is 6.64. The molecule has 0 aromatic heterocycles. The fraction of sp³-hybridized carbons (Fsp3) is 0.278. The third kappa shape index (κ3) is 3.63. The molecule has 0 aliphatic carbocycles. The third-order valence-electron chi connectivity index (χ3n) is 3.73.